The number of carbonyl (C=O) groups excluding carboxylic acids is 1. The van der Waals surface area contributed by atoms with Gasteiger partial charge in [0, 0.05) is 12.6 Å². The third-order valence-corrected chi connectivity index (χ3v) is 2.99. The standard InChI is InChI=1S/C13H15ClFN3O2/c1-8(14)13-17-10-6-9(15)2-3-11(10)18(13)4-5-20-7-12(16)19/h2-3,6,8H,4-5,7H2,1H3,(H2,16,19). The van der Waals surface area contributed by atoms with Crippen molar-refractivity contribution in [2.24, 2.45) is 5.73 Å². The van der Waals surface area contributed by atoms with Crippen LogP contribution in [0.3, 0.4) is 0 Å². The van der Waals surface area contributed by atoms with Crippen LogP contribution in [0.2, 0.25) is 0 Å². The molecule has 0 radical (unpaired) electrons. The van der Waals surface area contributed by atoms with Gasteiger partial charge in [0.05, 0.1) is 23.0 Å². The topological polar surface area (TPSA) is 70.1 Å². The number of hydrogen-bond donors (Lipinski definition) is 1. The van der Waals surface area contributed by atoms with Gasteiger partial charge in [-0.15, -0.1) is 11.6 Å². The maximum Gasteiger partial charge on any atom is 0.243 e. The fraction of sp³-hybridized carbons (Fsp3) is 0.385. The Morgan fingerprint density at radius 1 is 1.60 bits per heavy atom. The molecule has 0 spiro atoms. The summed E-state index contributed by atoms with van der Waals surface area (Å²) in [4.78, 5) is 14.9. The Balaban J connectivity index is 2.24. The highest BCUT2D eigenvalue weighted by atomic mass is 35.5. The summed E-state index contributed by atoms with van der Waals surface area (Å²) in [5, 5.41) is -0.318. The smallest absolute Gasteiger partial charge is 0.243 e. The summed E-state index contributed by atoms with van der Waals surface area (Å²) in [5.41, 5.74) is 6.31. The van der Waals surface area contributed by atoms with Crippen LogP contribution in [0.15, 0.2) is 18.2 Å². The van der Waals surface area contributed by atoms with Gasteiger partial charge < -0.3 is 15.0 Å². The molecule has 1 heterocycles. The summed E-state index contributed by atoms with van der Waals surface area (Å²) in [6.07, 6.45) is 0. The number of carbonyl (C=O) groups is 1. The van der Waals surface area contributed by atoms with E-state index in [1.807, 2.05) is 4.57 Å². The first kappa shape index (κ1) is 14.7. The predicted octanol–water partition coefficient (Wildman–Crippen LogP) is 1.98. The van der Waals surface area contributed by atoms with Crippen LogP contribution in [0.1, 0.15) is 18.1 Å². The molecule has 0 fully saturated rings. The van der Waals surface area contributed by atoms with Crippen molar-refractivity contribution in [3.05, 3.63) is 29.8 Å². The molecule has 7 heteroatoms. The van der Waals surface area contributed by atoms with Crippen molar-refractivity contribution in [1.82, 2.24) is 9.55 Å². The van der Waals surface area contributed by atoms with Crippen molar-refractivity contribution in [2.45, 2.75) is 18.8 Å². The second-order valence-electron chi connectivity index (χ2n) is 4.39. The van der Waals surface area contributed by atoms with Crippen LogP contribution < -0.4 is 5.73 Å². The molecule has 1 aromatic heterocycles. The van der Waals surface area contributed by atoms with E-state index in [1.54, 1.807) is 13.0 Å². The van der Waals surface area contributed by atoms with E-state index in [-0.39, 0.29) is 17.8 Å². The highest BCUT2D eigenvalue weighted by Gasteiger charge is 2.15. The SMILES string of the molecule is CC(Cl)c1nc2cc(F)ccc2n1CCOCC(N)=O. The zero-order chi connectivity index (χ0) is 14.7. The summed E-state index contributed by atoms with van der Waals surface area (Å²) >= 11 is 6.09. The molecule has 20 heavy (non-hydrogen) atoms. The van der Waals surface area contributed by atoms with Gasteiger partial charge in [-0.3, -0.25) is 4.79 Å². The molecule has 2 rings (SSSR count). The number of nitrogens with zero attached hydrogens (tertiary/aromatic N) is 2. The Bertz CT molecular complexity index is 627. The molecule has 5 nitrogen and oxygen atoms in total. The summed E-state index contributed by atoms with van der Waals surface area (Å²) in [5.74, 6) is -0.232. The third kappa shape index (κ3) is 3.26. The lowest BCUT2D eigenvalue weighted by molar-refractivity contribution is -0.122. The molecule has 1 atom stereocenters. The quantitative estimate of drug-likeness (QED) is 0.655. The van der Waals surface area contributed by atoms with E-state index in [2.05, 4.69) is 4.98 Å². The Hall–Kier alpha value is -1.66. The third-order valence-electron chi connectivity index (χ3n) is 2.80. The minimum absolute atomic E-state index is 0.132. The van der Waals surface area contributed by atoms with Gasteiger partial charge in [-0.25, -0.2) is 9.37 Å². The van der Waals surface area contributed by atoms with Crippen LogP contribution in [0, 0.1) is 5.82 Å². The van der Waals surface area contributed by atoms with Crippen molar-refractivity contribution in [3.63, 3.8) is 0 Å². The number of halogens is 2. The van der Waals surface area contributed by atoms with Gasteiger partial charge in [0.1, 0.15) is 18.2 Å². The van der Waals surface area contributed by atoms with E-state index in [1.165, 1.54) is 12.1 Å². The van der Waals surface area contributed by atoms with Crippen molar-refractivity contribution in [1.29, 1.82) is 0 Å². The van der Waals surface area contributed by atoms with Crippen molar-refractivity contribution in [3.8, 4) is 0 Å². The maximum absolute atomic E-state index is 13.2. The van der Waals surface area contributed by atoms with Crippen LogP contribution in [-0.2, 0) is 16.1 Å². The van der Waals surface area contributed by atoms with Gasteiger partial charge in [0.2, 0.25) is 5.91 Å². The molecule has 0 aliphatic carbocycles. The lowest BCUT2D eigenvalue weighted by atomic mass is 10.3. The first-order valence-corrected chi connectivity index (χ1v) is 6.58. The van der Waals surface area contributed by atoms with Crippen LogP contribution >= 0.6 is 11.6 Å². The van der Waals surface area contributed by atoms with Crippen molar-refractivity contribution >= 4 is 28.5 Å². The predicted molar refractivity (Wildman–Crippen MR) is 74.0 cm³/mol. The molecular formula is C13H15ClFN3O2. The molecule has 2 aromatic rings. The van der Waals surface area contributed by atoms with Crippen LogP contribution in [0.4, 0.5) is 4.39 Å². The summed E-state index contributed by atoms with van der Waals surface area (Å²) in [7, 11) is 0. The van der Waals surface area contributed by atoms with E-state index in [0.717, 1.165) is 5.52 Å². The molecule has 0 bridgehead atoms. The van der Waals surface area contributed by atoms with Crippen molar-refractivity contribution in [2.75, 3.05) is 13.2 Å². The number of alkyl halides is 1. The van der Waals surface area contributed by atoms with E-state index >= 15 is 0 Å². The van der Waals surface area contributed by atoms with Crippen molar-refractivity contribution < 1.29 is 13.9 Å². The van der Waals surface area contributed by atoms with E-state index < -0.39 is 5.91 Å². The number of ether oxygens (including phenoxy) is 1. The lowest BCUT2D eigenvalue weighted by Gasteiger charge is -2.10. The number of hydrogen-bond acceptors (Lipinski definition) is 3. The Labute approximate surface area is 120 Å². The second-order valence-corrected chi connectivity index (χ2v) is 5.04. The van der Waals surface area contributed by atoms with Crippen LogP contribution in [0.25, 0.3) is 11.0 Å². The van der Waals surface area contributed by atoms with E-state index in [0.29, 0.717) is 24.5 Å². The van der Waals surface area contributed by atoms with E-state index in [4.69, 9.17) is 22.1 Å². The molecule has 0 aliphatic rings. The van der Waals surface area contributed by atoms with Crippen LogP contribution in [-0.4, -0.2) is 28.7 Å². The largest absolute Gasteiger partial charge is 0.370 e. The molecule has 1 unspecified atom stereocenters. The Kier molecular flexibility index (Phi) is 4.57. The van der Waals surface area contributed by atoms with Gasteiger partial charge in [-0.05, 0) is 19.1 Å². The number of benzene rings is 1. The number of amides is 1. The lowest BCUT2D eigenvalue weighted by Crippen LogP contribution is -2.20. The average Bonchev–Trinajstić information content (AvgIpc) is 2.72. The zero-order valence-electron chi connectivity index (χ0n) is 11.0. The van der Waals surface area contributed by atoms with E-state index in [9.17, 15) is 9.18 Å². The fourth-order valence-electron chi connectivity index (χ4n) is 1.99. The van der Waals surface area contributed by atoms with Gasteiger partial charge in [-0.2, -0.15) is 0 Å². The van der Waals surface area contributed by atoms with Gasteiger partial charge in [0.25, 0.3) is 0 Å². The number of aromatic nitrogens is 2. The van der Waals surface area contributed by atoms with Crippen LogP contribution in [0.5, 0.6) is 0 Å². The molecule has 2 N–H and O–H groups in total. The number of nitrogens with two attached hydrogens (primary N) is 1. The fourth-order valence-corrected chi connectivity index (χ4v) is 2.16. The normalized spacial score (nSPS) is 12.8. The van der Waals surface area contributed by atoms with Gasteiger partial charge in [0.15, 0.2) is 0 Å². The van der Waals surface area contributed by atoms with Gasteiger partial charge in [-0.1, -0.05) is 0 Å². The highest BCUT2D eigenvalue weighted by molar-refractivity contribution is 6.20. The first-order valence-electron chi connectivity index (χ1n) is 6.15. The molecule has 108 valence electrons. The number of imidazole rings is 1. The highest BCUT2D eigenvalue weighted by Crippen LogP contribution is 2.24. The minimum Gasteiger partial charge on any atom is -0.370 e. The summed E-state index contributed by atoms with van der Waals surface area (Å²) in [6, 6.07) is 4.38. The molecule has 0 saturated heterocycles. The minimum atomic E-state index is -0.520. The first-order chi connectivity index (χ1) is 9.49. The molecule has 1 aromatic carbocycles. The molecule has 0 saturated carbocycles. The number of rotatable bonds is 6. The summed E-state index contributed by atoms with van der Waals surface area (Å²) < 4.78 is 20.2. The number of fused-ring (bicyclic) bond motifs is 1. The number of primary amides is 1. The molecule has 0 aliphatic heterocycles. The maximum atomic E-state index is 13.2. The van der Waals surface area contributed by atoms with Gasteiger partial charge >= 0.3 is 0 Å². The Morgan fingerprint density at radius 3 is 3.00 bits per heavy atom. The summed E-state index contributed by atoms with van der Waals surface area (Å²) in [6.45, 7) is 2.41. The Morgan fingerprint density at radius 2 is 2.35 bits per heavy atom. The molecular weight excluding hydrogens is 285 g/mol. The average molecular weight is 300 g/mol. The monoisotopic (exact) mass is 299 g/mol. The zero-order valence-corrected chi connectivity index (χ0v) is 11.7. The second kappa shape index (κ2) is 6.19. The molecule has 1 amide bonds.